The maximum absolute atomic E-state index is 12.7. The summed E-state index contributed by atoms with van der Waals surface area (Å²) in [6.07, 6.45) is 5.96. The van der Waals surface area contributed by atoms with Gasteiger partial charge in [-0.15, -0.1) is 11.8 Å². The second-order valence-electron chi connectivity index (χ2n) is 6.46. The summed E-state index contributed by atoms with van der Waals surface area (Å²) in [5, 5.41) is 3.24. The van der Waals surface area contributed by atoms with Gasteiger partial charge in [0.1, 0.15) is 11.2 Å². The van der Waals surface area contributed by atoms with Crippen LogP contribution in [0.15, 0.2) is 27.7 Å². The number of nitrogens with zero attached hydrogens (tertiary/aromatic N) is 2. The molecule has 1 N–H and O–H groups in total. The largest absolute Gasteiger partial charge is 0.461 e. The Morgan fingerprint density at radius 3 is 2.91 bits per heavy atom. The van der Waals surface area contributed by atoms with Crippen molar-refractivity contribution in [2.45, 2.75) is 36.7 Å². The van der Waals surface area contributed by atoms with Crippen molar-refractivity contribution >= 4 is 28.8 Å². The van der Waals surface area contributed by atoms with E-state index < -0.39 is 0 Å². The Labute approximate surface area is 139 Å². The topological polar surface area (TPSA) is 58.4 Å². The van der Waals surface area contributed by atoms with E-state index in [-0.39, 0.29) is 11.9 Å². The second-order valence-corrected chi connectivity index (χ2v) is 7.31. The summed E-state index contributed by atoms with van der Waals surface area (Å²) in [5.74, 6) is 0.519. The zero-order chi connectivity index (χ0) is 16.0. The minimum absolute atomic E-state index is 0.0750. The smallest absolute Gasteiger partial charge is 0.270 e. The molecule has 3 fully saturated rings. The molecule has 0 saturated carbocycles. The van der Waals surface area contributed by atoms with Crippen molar-refractivity contribution in [3.05, 3.63) is 24.1 Å². The van der Waals surface area contributed by atoms with Crippen LogP contribution < -0.4 is 5.32 Å². The number of thioether (sulfide) groups is 1. The highest BCUT2D eigenvalue weighted by molar-refractivity contribution is 7.98. The van der Waals surface area contributed by atoms with E-state index in [1.807, 2.05) is 18.4 Å². The zero-order valence-electron chi connectivity index (χ0n) is 13.4. The molecule has 0 unspecified atom stereocenters. The van der Waals surface area contributed by atoms with E-state index in [9.17, 15) is 4.79 Å². The maximum Gasteiger partial charge on any atom is 0.270 e. The number of hydrogen-bond donors (Lipinski definition) is 1. The van der Waals surface area contributed by atoms with E-state index in [4.69, 9.17) is 4.42 Å². The predicted octanol–water partition coefficient (Wildman–Crippen LogP) is 2.76. The van der Waals surface area contributed by atoms with Crippen LogP contribution in [0.4, 0.5) is 0 Å². The Bertz CT molecular complexity index is 735. The van der Waals surface area contributed by atoms with Gasteiger partial charge < -0.3 is 9.73 Å². The fraction of sp³-hybridized carbons (Fsp3) is 0.529. The minimum Gasteiger partial charge on any atom is -0.461 e. The summed E-state index contributed by atoms with van der Waals surface area (Å²) in [6.45, 7) is 4.54. The number of amides is 1. The van der Waals surface area contributed by atoms with E-state index in [0.717, 1.165) is 29.1 Å². The molecule has 0 spiro atoms. The highest BCUT2D eigenvalue weighted by Gasteiger charge is 2.40. The van der Waals surface area contributed by atoms with Gasteiger partial charge in [0.2, 0.25) is 0 Å². The van der Waals surface area contributed by atoms with Gasteiger partial charge in [-0.2, -0.15) is 0 Å². The van der Waals surface area contributed by atoms with Gasteiger partial charge in [-0.3, -0.25) is 9.69 Å². The van der Waals surface area contributed by atoms with Crippen LogP contribution in [0.2, 0.25) is 0 Å². The third kappa shape index (κ3) is 2.54. The van der Waals surface area contributed by atoms with E-state index in [1.54, 1.807) is 18.0 Å². The van der Waals surface area contributed by atoms with Crippen molar-refractivity contribution in [1.29, 1.82) is 0 Å². The number of aromatic nitrogens is 1. The van der Waals surface area contributed by atoms with Crippen molar-refractivity contribution in [2.24, 2.45) is 5.92 Å². The number of carbonyl (C=O) groups is 1. The molecule has 2 bridgehead atoms. The molecule has 2 aromatic heterocycles. The first kappa shape index (κ1) is 15.0. The van der Waals surface area contributed by atoms with Crippen LogP contribution in [-0.4, -0.2) is 47.2 Å². The third-order valence-electron chi connectivity index (χ3n) is 5.31. The molecule has 2 aromatic rings. The van der Waals surface area contributed by atoms with Crippen LogP contribution in [0, 0.1) is 5.92 Å². The van der Waals surface area contributed by atoms with Crippen molar-refractivity contribution in [2.75, 3.05) is 19.3 Å². The molecule has 5 rings (SSSR count). The SMILES string of the molecule is CSc1cc(C(=O)N[C@@H]2C3CCN(CC3)[C@H]2C)nc2ccoc12. The molecule has 0 radical (unpaired) electrons. The van der Waals surface area contributed by atoms with Gasteiger partial charge in [-0.25, -0.2) is 4.98 Å². The standard InChI is InChI=1S/C17H21N3O2S/c1-10-15(11-3-6-20(10)7-4-11)19-17(21)13-9-14(23-2)16-12(18-13)5-8-22-16/h5,8-11,15H,3-4,6-7H2,1-2H3,(H,19,21)/t10-,15-/m0/s1. The van der Waals surface area contributed by atoms with E-state index in [2.05, 4.69) is 22.1 Å². The Morgan fingerprint density at radius 1 is 1.43 bits per heavy atom. The van der Waals surface area contributed by atoms with E-state index >= 15 is 0 Å². The molecule has 1 amide bonds. The number of fused-ring (bicyclic) bond motifs is 4. The first-order valence-corrected chi connectivity index (χ1v) is 9.37. The lowest BCUT2D eigenvalue weighted by atomic mass is 9.79. The lowest BCUT2D eigenvalue weighted by Gasteiger charge is -2.49. The molecule has 0 aromatic carbocycles. The van der Waals surface area contributed by atoms with Crippen LogP contribution in [0.3, 0.4) is 0 Å². The lowest BCUT2D eigenvalue weighted by Crippen LogP contribution is -2.62. The van der Waals surface area contributed by atoms with Gasteiger partial charge in [0, 0.05) is 18.2 Å². The third-order valence-corrected chi connectivity index (χ3v) is 6.05. The van der Waals surface area contributed by atoms with E-state index in [0.29, 0.717) is 17.7 Å². The number of carbonyl (C=O) groups excluding carboxylic acids is 1. The molecule has 3 aliphatic rings. The quantitative estimate of drug-likeness (QED) is 0.877. The highest BCUT2D eigenvalue weighted by Crippen LogP contribution is 2.32. The normalized spacial score (nSPS) is 29.8. The molecule has 6 heteroatoms. The molecule has 0 aliphatic carbocycles. The van der Waals surface area contributed by atoms with Crippen LogP contribution in [-0.2, 0) is 0 Å². The zero-order valence-corrected chi connectivity index (χ0v) is 14.2. The number of pyridine rings is 1. The summed E-state index contributed by atoms with van der Waals surface area (Å²) in [6, 6.07) is 4.27. The fourth-order valence-corrected chi connectivity index (χ4v) is 4.53. The van der Waals surface area contributed by atoms with Gasteiger partial charge in [0.05, 0.1) is 11.2 Å². The van der Waals surface area contributed by atoms with Crippen LogP contribution in [0.1, 0.15) is 30.3 Å². The number of furan rings is 1. The fourth-order valence-electron chi connectivity index (χ4n) is 3.97. The van der Waals surface area contributed by atoms with E-state index in [1.165, 1.54) is 12.8 Å². The molecule has 3 saturated heterocycles. The van der Waals surface area contributed by atoms with Gasteiger partial charge in [-0.05, 0) is 51.1 Å². The second kappa shape index (κ2) is 5.83. The Kier molecular flexibility index (Phi) is 3.81. The summed E-state index contributed by atoms with van der Waals surface area (Å²) in [4.78, 5) is 20.6. The molecule has 3 aliphatic heterocycles. The van der Waals surface area contributed by atoms with Crippen LogP contribution >= 0.6 is 11.8 Å². The maximum atomic E-state index is 12.7. The van der Waals surface area contributed by atoms with Gasteiger partial charge in [0.15, 0.2) is 5.58 Å². The Hall–Kier alpha value is -1.53. The first-order chi connectivity index (χ1) is 11.2. The molecule has 122 valence electrons. The molecule has 5 nitrogen and oxygen atoms in total. The van der Waals surface area contributed by atoms with Crippen molar-refractivity contribution in [3.63, 3.8) is 0 Å². The van der Waals surface area contributed by atoms with Crippen molar-refractivity contribution in [3.8, 4) is 0 Å². The monoisotopic (exact) mass is 331 g/mol. The highest BCUT2D eigenvalue weighted by atomic mass is 32.2. The number of nitrogens with one attached hydrogen (secondary N) is 1. The van der Waals surface area contributed by atoms with Gasteiger partial charge >= 0.3 is 0 Å². The molecule has 2 atom stereocenters. The lowest BCUT2D eigenvalue weighted by molar-refractivity contribution is 0.0216. The summed E-state index contributed by atoms with van der Waals surface area (Å²) < 4.78 is 5.46. The van der Waals surface area contributed by atoms with Crippen LogP contribution in [0.5, 0.6) is 0 Å². The predicted molar refractivity (Wildman–Crippen MR) is 90.8 cm³/mol. The van der Waals surface area contributed by atoms with Crippen molar-refractivity contribution in [1.82, 2.24) is 15.2 Å². The number of hydrogen-bond acceptors (Lipinski definition) is 5. The van der Waals surface area contributed by atoms with Gasteiger partial charge in [0.25, 0.3) is 5.91 Å². The van der Waals surface area contributed by atoms with Crippen molar-refractivity contribution < 1.29 is 9.21 Å². The molecular formula is C17H21N3O2S. The average Bonchev–Trinajstić information content (AvgIpc) is 3.06. The molecule has 23 heavy (non-hydrogen) atoms. The average molecular weight is 331 g/mol. The summed E-state index contributed by atoms with van der Waals surface area (Å²) in [7, 11) is 0. The Morgan fingerprint density at radius 2 is 2.22 bits per heavy atom. The number of rotatable bonds is 3. The minimum atomic E-state index is -0.0750. The first-order valence-electron chi connectivity index (χ1n) is 8.14. The summed E-state index contributed by atoms with van der Waals surface area (Å²) in [5.41, 5.74) is 1.97. The van der Waals surface area contributed by atoms with Gasteiger partial charge in [-0.1, -0.05) is 0 Å². The molecular weight excluding hydrogens is 310 g/mol. The molecule has 5 heterocycles. The van der Waals surface area contributed by atoms with Crippen LogP contribution in [0.25, 0.3) is 11.1 Å². The Balaban J connectivity index is 1.59. The number of piperidine rings is 3. The summed E-state index contributed by atoms with van der Waals surface area (Å²) >= 11 is 1.57.